The summed E-state index contributed by atoms with van der Waals surface area (Å²) in [6, 6.07) is 18.9. The molecule has 2 aliphatic rings. The number of pyridine rings is 1. The van der Waals surface area contributed by atoms with E-state index in [9.17, 15) is 23.6 Å². The highest BCUT2D eigenvalue weighted by Gasteiger charge is 2.48. The minimum atomic E-state index is -1.18. The molecule has 3 unspecified atom stereocenters. The van der Waals surface area contributed by atoms with Crippen molar-refractivity contribution in [2.45, 2.75) is 38.2 Å². The second-order valence-corrected chi connectivity index (χ2v) is 12.3. The van der Waals surface area contributed by atoms with Gasteiger partial charge in [0.25, 0.3) is 0 Å². The van der Waals surface area contributed by atoms with Crippen molar-refractivity contribution in [2.75, 3.05) is 10.8 Å². The lowest BCUT2D eigenvalue weighted by atomic mass is 9.81. The number of amides is 2. The zero-order valence-electron chi connectivity index (χ0n) is 23.5. The molecular weight excluding hydrogens is 651 g/mol. The first kappa shape index (κ1) is 30.1. The maximum absolute atomic E-state index is 13.7. The number of anilines is 1. The van der Waals surface area contributed by atoms with Gasteiger partial charge in [0.15, 0.2) is 6.10 Å². The predicted octanol–water partition coefficient (Wildman–Crippen LogP) is 7.52. The van der Waals surface area contributed by atoms with Crippen molar-refractivity contribution in [3.8, 4) is 11.3 Å². The predicted molar refractivity (Wildman–Crippen MR) is 168 cm³/mol. The summed E-state index contributed by atoms with van der Waals surface area (Å²) in [5.41, 5.74) is 2.54. The summed E-state index contributed by atoms with van der Waals surface area (Å²) >= 11 is 9.40. The summed E-state index contributed by atoms with van der Waals surface area (Å²) in [6.07, 6.45) is 2.27. The number of ketones is 1. The third kappa shape index (κ3) is 5.78. The Morgan fingerprint density at radius 1 is 0.955 bits per heavy atom. The van der Waals surface area contributed by atoms with Gasteiger partial charge in [0.05, 0.1) is 34.3 Å². The van der Waals surface area contributed by atoms with E-state index in [4.69, 9.17) is 21.3 Å². The molecule has 6 rings (SSSR count). The third-order valence-electron chi connectivity index (χ3n) is 8.29. The Bertz CT molecular complexity index is 1760. The third-order valence-corrected chi connectivity index (χ3v) is 9.01. The standard InChI is InChI=1S/C34H27BrClFN2O5/c35-21-9-14-28-26(17-21)27(34(43)44-30(15-16-36)31(40)20-5-10-22(37)11-6-20)18-29(38-28)19-7-12-23(13-8-19)39-32(41)24-3-1-2-4-25(24)33(39)42/h5-14,17-18,24-25,30H,1-4,15-16H2. The number of benzene rings is 3. The number of carbonyl (C=O) groups excluding carboxylic acids is 4. The fraction of sp³-hybridized carbons (Fsp3) is 0.265. The van der Waals surface area contributed by atoms with Gasteiger partial charge in [-0.15, -0.1) is 11.6 Å². The lowest BCUT2D eigenvalue weighted by Crippen LogP contribution is -2.30. The van der Waals surface area contributed by atoms with Crippen LogP contribution in [-0.2, 0) is 14.3 Å². The quantitative estimate of drug-likeness (QED) is 0.0829. The van der Waals surface area contributed by atoms with E-state index in [-0.39, 0.29) is 47.1 Å². The van der Waals surface area contributed by atoms with Crippen LogP contribution in [0, 0.1) is 17.7 Å². The average molecular weight is 678 g/mol. The van der Waals surface area contributed by atoms with Crippen molar-refractivity contribution in [2.24, 2.45) is 11.8 Å². The van der Waals surface area contributed by atoms with Crippen LogP contribution in [0.5, 0.6) is 0 Å². The lowest BCUT2D eigenvalue weighted by molar-refractivity contribution is -0.122. The van der Waals surface area contributed by atoms with Crippen molar-refractivity contribution in [1.82, 2.24) is 4.98 Å². The number of hydrogen-bond donors (Lipinski definition) is 0. The van der Waals surface area contributed by atoms with Gasteiger partial charge in [-0.25, -0.2) is 14.2 Å². The van der Waals surface area contributed by atoms with Gasteiger partial charge >= 0.3 is 5.97 Å². The molecule has 1 aromatic heterocycles. The van der Waals surface area contributed by atoms with Gasteiger partial charge < -0.3 is 4.74 Å². The molecule has 0 radical (unpaired) electrons. The Morgan fingerprint density at radius 2 is 1.61 bits per heavy atom. The number of imide groups is 1. The molecule has 10 heteroatoms. The number of nitrogens with zero attached hydrogens (tertiary/aromatic N) is 2. The number of carbonyl (C=O) groups is 4. The second kappa shape index (κ2) is 12.6. The van der Waals surface area contributed by atoms with Crippen LogP contribution in [0.2, 0.25) is 0 Å². The van der Waals surface area contributed by atoms with Gasteiger partial charge in [0.1, 0.15) is 5.82 Å². The number of Topliss-reactive ketones (excluding diaryl/α,β-unsaturated/α-hetero) is 1. The summed E-state index contributed by atoms with van der Waals surface area (Å²) in [5.74, 6) is -2.43. The smallest absolute Gasteiger partial charge is 0.339 e. The Labute approximate surface area is 266 Å². The molecule has 4 aromatic rings. The van der Waals surface area contributed by atoms with E-state index in [1.54, 1.807) is 48.5 Å². The van der Waals surface area contributed by atoms with Crippen molar-refractivity contribution >= 4 is 67.7 Å². The molecule has 1 saturated heterocycles. The van der Waals surface area contributed by atoms with Crippen LogP contribution in [0.1, 0.15) is 52.8 Å². The highest BCUT2D eigenvalue weighted by atomic mass is 79.9. The molecular formula is C34H27BrClFN2O5. The lowest BCUT2D eigenvalue weighted by Gasteiger charge is -2.19. The number of ether oxygens (including phenoxy) is 1. The Hall–Kier alpha value is -3.95. The van der Waals surface area contributed by atoms with Crippen LogP contribution in [0.3, 0.4) is 0 Å². The number of esters is 1. The number of alkyl halides is 1. The van der Waals surface area contributed by atoms with Crippen LogP contribution >= 0.6 is 27.5 Å². The summed E-state index contributed by atoms with van der Waals surface area (Å²) in [7, 11) is 0. The summed E-state index contributed by atoms with van der Waals surface area (Å²) in [5, 5.41) is 0.513. The molecule has 1 aliphatic heterocycles. The maximum atomic E-state index is 13.7. The first-order valence-electron chi connectivity index (χ1n) is 14.4. The Morgan fingerprint density at radius 3 is 2.25 bits per heavy atom. The molecule has 0 N–H and O–H groups in total. The van der Waals surface area contributed by atoms with Crippen LogP contribution < -0.4 is 4.90 Å². The Kier molecular flexibility index (Phi) is 8.60. The van der Waals surface area contributed by atoms with Crippen LogP contribution in [0.25, 0.3) is 22.2 Å². The van der Waals surface area contributed by atoms with E-state index in [0.29, 0.717) is 27.8 Å². The van der Waals surface area contributed by atoms with E-state index in [1.165, 1.54) is 29.2 Å². The normalized spacial score (nSPS) is 18.8. The van der Waals surface area contributed by atoms with E-state index >= 15 is 0 Å². The zero-order valence-corrected chi connectivity index (χ0v) is 25.8. The van der Waals surface area contributed by atoms with E-state index < -0.39 is 23.7 Å². The molecule has 224 valence electrons. The molecule has 1 aliphatic carbocycles. The Balaban J connectivity index is 1.31. The number of hydrogen-bond acceptors (Lipinski definition) is 6. The first-order valence-corrected chi connectivity index (χ1v) is 15.7. The van der Waals surface area contributed by atoms with Gasteiger partial charge in [-0.3, -0.25) is 19.3 Å². The highest BCUT2D eigenvalue weighted by molar-refractivity contribution is 9.10. The first-order chi connectivity index (χ1) is 21.2. The molecule has 3 aromatic carbocycles. The summed E-state index contributed by atoms with van der Waals surface area (Å²) in [6.45, 7) is 0. The number of rotatable bonds is 8. The van der Waals surface area contributed by atoms with Crippen molar-refractivity contribution in [3.63, 3.8) is 0 Å². The number of aromatic nitrogens is 1. The molecule has 2 amide bonds. The van der Waals surface area contributed by atoms with Crippen molar-refractivity contribution < 1.29 is 28.3 Å². The van der Waals surface area contributed by atoms with Crippen LogP contribution in [0.4, 0.5) is 10.1 Å². The van der Waals surface area contributed by atoms with Crippen molar-refractivity contribution in [1.29, 1.82) is 0 Å². The van der Waals surface area contributed by atoms with Crippen LogP contribution in [0.15, 0.2) is 77.3 Å². The van der Waals surface area contributed by atoms with E-state index in [1.807, 2.05) is 0 Å². The molecule has 7 nitrogen and oxygen atoms in total. The van der Waals surface area contributed by atoms with Gasteiger partial charge in [-0.1, -0.05) is 40.9 Å². The minimum Gasteiger partial charge on any atom is -0.450 e. The second-order valence-electron chi connectivity index (χ2n) is 11.0. The van der Waals surface area contributed by atoms with Crippen molar-refractivity contribution in [3.05, 3.63) is 94.2 Å². The summed E-state index contributed by atoms with van der Waals surface area (Å²) < 4.78 is 19.9. The largest absolute Gasteiger partial charge is 0.450 e. The average Bonchev–Trinajstić information content (AvgIpc) is 3.29. The molecule has 0 spiro atoms. The fourth-order valence-corrected chi connectivity index (χ4v) is 6.61. The molecule has 0 bridgehead atoms. The summed E-state index contributed by atoms with van der Waals surface area (Å²) in [4.78, 5) is 59.0. The number of fused-ring (bicyclic) bond motifs is 2. The molecule has 3 atom stereocenters. The van der Waals surface area contributed by atoms with Gasteiger partial charge in [-0.2, -0.15) is 0 Å². The fourth-order valence-electron chi connectivity index (χ4n) is 6.05. The molecule has 1 saturated carbocycles. The monoisotopic (exact) mass is 676 g/mol. The molecule has 44 heavy (non-hydrogen) atoms. The SMILES string of the molecule is O=C(OC(CCCl)C(=O)c1ccc(F)cc1)c1cc(-c2ccc(N3C(=O)C4CCCCC4C3=O)cc2)nc2ccc(Br)cc12. The van der Waals surface area contributed by atoms with E-state index in [0.717, 1.165) is 30.2 Å². The van der Waals surface area contributed by atoms with Gasteiger partial charge in [0.2, 0.25) is 17.6 Å². The van der Waals surface area contributed by atoms with E-state index in [2.05, 4.69) is 15.9 Å². The van der Waals surface area contributed by atoms with Gasteiger partial charge in [-0.05, 0) is 73.5 Å². The number of halogens is 3. The maximum Gasteiger partial charge on any atom is 0.339 e. The van der Waals surface area contributed by atoms with Crippen LogP contribution in [-0.4, -0.2) is 40.5 Å². The molecule has 2 fully saturated rings. The zero-order chi connectivity index (χ0) is 31.0. The van der Waals surface area contributed by atoms with Gasteiger partial charge in [0, 0.05) is 33.3 Å². The highest BCUT2D eigenvalue weighted by Crippen LogP contribution is 2.40. The topological polar surface area (TPSA) is 93.6 Å². The molecule has 2 heterocycles. The minimum absolute atomic E-state index is 0.0641.